The van der Waals surface area contributed by atoms with Crippen molar-refractivity contribution in [3.05, 3.63) is 125 Å². The molecule has 0 aromatic heterocycles. The van der Waals surface area contributed by atoms with Crippen LogP contribution in [0.4, 0.5) is 0 Å². The van der Waals surface area contributed by atoms with Crippen molar-refractivity contribution in [1.29, 1.82) is 0 Å². The number of allylic oxidation sites excluding steroid dienone is 1. The van der Waals surface area contributed by atoms with Crippen molar-refractivity contribution in [2.24, 2.45) is 0 Å². The van der Waals surface area contributed by atoms with E-state index in [9.17, 15) is 19.5 Å². The Morgan fingerprint density at radius 3 is 2.18 bits per heavy atom. The molecular formula is C28H23NO5. The molecule has 1 aliphatic rings. The van der Waals surface area contributed by atoms with Crippen LogP contribution >= 0.6 is 0 Å². The molecule has 0 bridgehead atoms. The topological polar surface area (TPSA) is 83.9 Å². The van der Waals surface area contributed by atoms with E-state index < -0.39 is 29.5 Å². The van der Waals surface area contributed by atoms with Gasteiger partial charge in [0.2, 0.25) is 0 Å². The van der Waals surface area contributed by atoms with Crippen LogP contribution in [0.3, 0.4) is 0 Å². The van der Waals surface area contributed by atoms with Crippen LogP contribution in [0, 0.1) is 0 Å². The van der Waals surface area contributed by atoms with Crippen LogP contribution in [0.5, 0.6) is 0 Å². The molecule has 0 fully saturated rings. The second kappa shape index (κ2) is 10.0. The molecule has 170 valence electrons. The van der Waals surface area contributed by atoms with Gasteiger partial charge in [0.1, 0.15) is 0 Å². The molecule has 1 amide bonds. The molecule has 4 rings (SSSR count). The summed E-state index contributed by atoms with van der Waals surface area (Å²) in [5, 5.41) is 10.7. The molecule has 34 heavy (non-hydrogen) atoms. The van der Waals surface area contributed by atoms with Crippen molar-refractivity contribution in [3.63, 3.8) is 0 Å². The Hall–Kier alpha value is -4.45. The Bertz CT molecular complexity index is 1260. The predicted molar refractivity (Wildman–Crippen MR) is 128 cm³/mol. The largest absolute Gasteiger partial charge is 0.503 e. The van der Waals surface area contributed by atoms with E-state index in [1.54, 1.807) is 30.3 Å². The number of aliphatic hydroxyl groups is 1. The van der Waals surface area contributed by atoms with E-state index in [4.69, 9.17) is 4.74 Å². The van der Waals surface area contributed by atoms with E-state index in [1.165, 1.54) is 18.1 Å². The van der Waals surface area contributed by atoms with Crippen LogP contribution in [-0.4, -0.2) is 34.8 Å². The lowest BCUT2D eigenvalue weighted by Crippen LogP contribution is -2.30. The number of esters is 1. The Labute approximate surface area is 197 Å². The number of hydrogen-bond acceptors (Lipinski definition) is 5. The summed E-state index contributed by atoms with van der Waals surface area (Å²) in [6.07, 6.45) is 3.00. The molecule has 1 N–H and O–H groups in total. The monoisotopic (exact) mass is 453 g/mol. The van der Waals surface area contributed by atoms with Crippen LogP contribution in [0.2, 0.25) is 0 Å². The number of amides is 1. The number of carbonyl (C=O) groups excluding carboxylic acids is 3. The van der Waals surface area contributed by atoms with Crippen molar-refractivity contribution < 1.29 is 24.2 Å². The van der Waals surface area contributed by atoms with Crippen LogP contribution in [0.1, 0.15) is 33.1 Å². The molecule has 1 unspecified atom stereocenters. The molecule has 1 aliphatic heterocycles. The van der Waals surface area contributed by atoms with Crippen molar-refractivity contribution in [2.75, 3.05) is 7.11 Å². The molecule has 3 aromatic rings. The highest BCUT2D eigenvalue weighted by molar-refractivity contribution is 6.14. The minimum absolute atomic E-state index is 0.000990. The molecule has 1 atom stereocenters. The summed E-state index contributed by atoms with van der Waals surface area (Å²) in [6, 6.07) is 24.3. The maximum absolute atomic E-state index is 13.2. The van der Waals surface area contributed by atoms with E-state index >= 15 is 0 Å². The summed E-state index contributed by atoms with van der Waals surface area (Å²) >= 11 is 0. The Morgan fingerprint density at radius 1 is 0.941 bits per heavy atom. The highest BCUT2D eigenvalue weighted by Gasteiger charge is 2.42. The van der Waals surface area contributed by atoms with Crippen molar-refractivity contribution in [2.45, 2.75) is 12.6 Å². The first-order valence-electron chi connectivity index (χ1n) is 10.7. The van der Waals surface area contributed by atoms with Crippen LogP contribution in [-0.2, 0) is 20.9 Å². The number of ether oxygens (including phenoxy) is 1. The third-order valence-corrected chi connectivity index (χ3v) is 5.64. The molecule has 6 nitrogen and oxygen atoms in total. The van der Waals surface area contributed by atoms with Crippen molar-refractivity contribution in [1.82, 2.24) is 4.90 Å². The maximum Gasteiger partial charge on any atom is 0.337 e. The van der Waals surface area contributed by atoms with E-state index in [0.29, 0.717) is 11.1 Å². The van der Waals surface area contributed by atoms with Gasteiger partial charge in [-0.25, -0.2) is 4.79 Å². The van der Waals surface area contributed by atoms with Crippen LogP contribution < -0.4 is 0 Å². The molecule has 0 aliphatic carbocycles. The summed E-state index contributed by atoms with van der Waals surface area (Å²) in [5.41, 5.74) is 2.61. The zero-order valence-corrected chi connectivity index (χ0v) is 18.5. The molecular weight excluding hydrogens is 430 g/mol. The number of nitrogens with zero attached hydrogens (tertiary/aromatic N) is 1. The van der Waals surface area contributed by atoms with Gasteiger partial charge in [0.25, 0.3) is 5.91 Å². The number of benzene rings is 3. The third kappa shape index (κ3) is 4.66. The van der Waals surface area contributed by atoms with E-state index in [1.807, 2.05) is 60.7 Å². The normalized spacial score (nSPS) is 15.7. The van der Waals surface area contributed by atoms with Gasteiger partial charge in [-0.2, -0.15) is 0 Å². The molecule has 3 aromatic carbocycles. The minimum Gasteiger partial charge on any atom is -0.503 e. The average Bonchev–Trinajstić information content (AvgIpc) is 3.13. The molecule has 0 saturated carbocycles. The number of aliphatic hydroxyl groups excluding tert-OH is 1. The lowest BCUT2D eigenvalue weighted by Gasteiger charge is -2.27. The number of ketones is 1. The fraction of sp³-hybridized carbons (Fsp3) is 0.107. The Balaban J connectivity index is 1.72. The highest BCUT2D eigenvalue weighted by Crippen LogP contribution is 2.39. The summed E-state index contributed by atoms with van der Waals surface area (Å²) in [4.78, 5) is 39.6. The number of rotatable bonds is 7. The summed E-state index contributed by atoms with van der Waals surface area (Å²) in [6.45, 7) is 0.201. The Kier molecular flexibility index (Phi) is 6.69. The van der Waals surface area contributed by atoms with E-state index in [0.717, 1.165) is 11.1 Å². The summed E-state index contributed by atoms with van der Waals surface area (Å²) in [5.74, 6) is -2.15. The van der Waals surface area contributed by atoms with Gasteiger partial charge in [-0.1, -0.05) is 78.9 Å². The standard InChI is InChI=1S/C28H23NO5/c1-34-28(33)22-15-13-21(14-16-22)25-24(23(30)17-12-19-8-4-2-5-9-19)26(31)27(32)29(25)18-20-10-6-3-7-11-20/h2-17,25,31H,18H2,1H3. The highest BCUT2D eigenvalue weighted by atomic mass is 16.5. The molecule has 0 radical (unpaired) electrons. The minimum atomic E-state index is -0.813. The fourth-order valence-corrected chi connectivity index (χ4v) is 3.94. The molecule has 6 heteroatoms. The first-order valence-corrected chi connectivity index (χ1v) is 10.7. The predicted octanol–water partition coefficient (Wildman–Crippen LogP) is 4.65. The second-order valence-corrected chi connectivity index (χ2v) is 7.81. The fourth-order valence-electron chi connectivity index (χ4n) is 3.94. The van der Waals surface area contributed by atoms with Crippen molar-refractivity contribution in [3.8, 4) is 0 Å². The second-order valence-electron chi connectivity index (χ2n) is 7.81. The first kappa shape index (κ1) is 22.7. The van der Waals surface area contributed by atoms with Crippen LogP contribution in [0.25, 0.3) is 6.08 Å². The third-order valence-electron chi connectivity index (χ3n) is 5.64. The van der Waals surface area contributed by atoms with E-state index in [2.05, 4.69) is 0 Å². The van der Waals surface area contributed by atoms with Gasteiger partial charge in [-0.3, -0.25) is 9.59 Å². The number of carbonyl (C=O) groups is 3. The first-order chi connectivity index (χ1) is 16.5. The van der Waals surface area contributed by atoms with Gasteiger partial charge in [-0.05, 0) is 34.9 Å². The van der Waals surface area contributed by atoms with Crippen molar-refractivity contribution >= 4 is 23.7 Å². The van der Waals surface area contributed by atoms with Gasteiger partial charge in [0, 0.05) is 6.54 Å². The number of methoxy groups -OCH3 is 1. The molecule has 0 saturated heterocycles. The van der Waals surface area contributed by atoms with Gasteiger partial charge < -0.3 is 14.7 Å². The summed E-state index contributed by atoms with van der Waals surface area (Å²) in [7, 11) is 1.30. The lowest BCUT2D eigenvalue weighted by atomic mass is 9.94. The van der Waals surface area contributed by atoms with Gasteiger partial charge >= 0.3 is 5.97 Å². The van der Waals surface area contributed by atoms with Gasteiger partial charge in [-0.15, -0.1) is 0 Å². The average molecular weight is 453 g/mol. The quantitative estimate of drug-likeness (QED) is 0.416. The number of hydrogen-bond donors (Lipinski definition) is 1. The maximum atomic E-state index is 13.2. The zero-order chi connectivity index (χ0) is 24.1. The Morgan fingerprint density at radius 2 is 1.56 bits per heavy atom. The van der Waals surface area contributed by atoms with Gasteiger partial charge in [0.05, 0.1) is 24.3 Å². The molecule has 0 spiro atoms. The lowest BCUT2D eigenvalue weighted by molar-refractivity contribution is -0.130. The SMILES string of the molecule is COC(=O)c1ccc(C2C(C(=O)C=Cc3ccccc3)=C(O)C(=O)N2Cc2ccccc2)cc1. The smallest absolute Gasteiger partial charge is 0.337 e. The van der Waals surface area contributed by atoms with Crippen LogP contribution in [0.15, 0.2) is 102 Å². The molecule has 1 heterocycles. The summed E-state index contributed by atoms with van der Waals surface area (Å²) < 4.78 is 4.75. The van der Waals surface area contributed by atoms with E-state index in [-0.39, 0.29) is 12.1 Å². The zero-order valence-electron chi connectivity index (χ0n) is 18.5. The van der Waals surface area contributed by atoms with Gasteiger partial charge in [0.15, 0.2) is 11.5 Å².